The predicted molar refractivity (Wildman–Crippen MR) is 52.8 cm³/mol. The third-order valence-electron chi connectivity index (χ3n) is 2.01. The van der Waals surface area contributed by atoms with E-state index in [0.29, 0.717) is 11.8 Å². The number of hydrogen-bond donors (Lipinski definition) is 0. The monoisotopic (exact) mass is 220 g/mol. The summed E-state index contributed by atoms with van der Waals surface area (Å²) in [5, 5.41) is 0. The summed E-state index contributed by atoms with van der Waals surface area (Å²) in [6.45, 7) is 0. The van der Waals surface area contributed by atoms with E-state index in [-0.39, 0.29) is 11.4 Å². The summed E-state index contributed by atoms with van der Waals surface area (Å²) in [4.78, 5) is 17.8. The fourth-order valence-corrected chi connectivity index (χ4v) is 1.22. The maximum absolute atomic E-state index is 13.3. The van der Waals surface area contributed by atoms with Crippen LogP contribution in [-0.2, 0) is 0 Å². The molecular weight excluding hydrogens is 214 g/mol. The van der Waals surface area contributed by atoms with Crippen molar-refractivity contribution in [3.05, 3.63) is 47.8 Å². The Balaban J connectivity index is 2.45. The van der Waals surface area contributed by atoms with Crippen LogP contribution >= 0.6 is 0 Å². The van der Waals surface area contributed by atoms with E-state index in [2.05, 4.69) is 9.97 Å². The Morgan fingerprint density at radius 3 is 2.38 bits per heavy atom. The predicted octanol–water partition coefficient (Wildman–Crippen LogP) is 2.23. The van der Waals surface area contributed by atoms with Crippen molar-refractivity contribution in [3.63, 3.8) is 0 Å². The van der Waals surface area contributed by atoms with Crippen LogP contribution in [0.2, 0.25) is 0 Å². The van der Waals surface area contributed by atoms with Gasteiger partial charge in [-0.2, -0.15) is 0 Å². The molecule has 0 fully saturated rings. The van der Waals surface area contributed by atoms with E-state index in [0.717, 1.165) is 18.5 Å². The summed E-state index contributed by atoms with van der Waals surface area (Å²) in [5.41, 5.74) is 0.356. The molecule has 2 aromatic rings. The fraction of sp³-hybridized carbons (Fsp3) is 0. The summed E-state index contributed by atoms with van der Waals surface area (Å²) < 4.78 is 25.8. The van der Waals surface area contributed by atoms with Gasteiger partial charge in [-0.05, 0) is 12.1 Å². The first-order valence-electron chi connectivity index (χ1n) is 4.43. The average Bonchev–Trinajstić information content (AvgIpc) is 2.30. The zero-order chi connectivity index (χ0) is 11.5. The van der Waals surface area contributed by atoms with Gasteiger partial charge in [-0.25, -0.2) is 18.7 Å². The van der Waals surface area contributed by atoms with Gasteiger partial charge >= 0.3 is 0 Å². The van der Waals surface area contributed by atoms with Crippen LogP contribution in [0.25, 0.3) is 11.4 Å². The molecule has 0 saturated carbocycles. The first kappa shape index (κ1) is 10.4. The number of aldehydes is 1. The Morgan fingerprint density at radius 2 is 1.81 bits per heavy atom. The van der Waals surface area contributed by atoms with E-state index >= 15 is 0 Å². The van der Waals surface area contributed by atoms with Crippen LogP contribution in [0.15, 0.2) is 30.6 Å². The van der Waals surface area contributed by atoms with Crippen molar-refractivity contribution in [3.8, 4) is 11.4 Å². The zero-order valence-electron chi connectivity index (χ0n) is 8.02. The van der Waals surface area contributed by atoms with E-state index in [9.17, 15) is 13.6 Å². The maximum Gasteiger partial charge on any atom is 0.159 e. The Hall–Kier alpha value is -2.17. The van der Waals surface area contributed by atoms with Gasteiger partial charge < -0.3 is 0 Å². The molecule has 0 aliphatic heterocycles. The standard InChI is InChI=1S/C11H6F2N2O/c12-9-4-14-11(15-5-9)7-1-2-8(6-16)10(13)3-7/h1-6H. The van der Waals surface area contributed by atoms with Gasteiger partial charge in [0.2, 0.25) is 0 Å². The van der Waals surface area contributed by atoms with Crippen LogP contribution in [0.4, 0.5) is 8.78 Å². The second kappa shape index (κ2) is 4.14. The Morgan fingerprint density at radius 1 is 1.12 bits per heavy atom. The molecule has 16 heavy (non-hydrogen) atoms. The molecule has 2 rings (SSSR count). The summed E-state index contributed by atoms with van der Waals surface area (Å²) in [5.74, 6) is -1.01. The number of rotatable bonds is 2. The molecule has 0 aliphatic rings. The van der Waals surface area contributed by atoms with E-state index in [1.165, 1.54) is 12.1 Å². The minimum absolute atomic E-state index is 0.0362. The van der Waals surface area contributed by atoms with Crippen LogP contribution < -0.4 is 0 Å². The number of aromatic nitrogens is 2. The van der Waals surface area contributed by atoms with Gasteiger partial charge in [0.15, 0.2) is 17.9 Å². The quantitative estimate of drug-likeness (QED) is 0.729. The zero-order valence-corrected chi connectivity index (χ0v) is 8.02. The van der Waals surface area contributed by atoms with Crippen LogP contribution in [-0.4, -0.2) is 16.3 Å². The van der Waals surface area contributed by atoms with Gasteiger partial charge in [-0.1, -0.05) is 6.07 Å². The Bertz CT molecular complexity index is 526. The molecule has 0 N–H and O–H groups in total. The number of benzene rings is 1. The Kier molecular flexibility index (Phi) is 2.68. The van der Waals surface area contributed by atoms with E-state index in [4.69, 9.17) is 0 Å². The highest BCUT2D eigenvalue weighted by molar-refractivity contribution is 5.76. The minimum Gasteiger partial charge on any atom is -0.298 e. The second-order valence-electron chi connectivity index (χ2n) is 3.08. The maximum atomic E-state index is 13.3. The van der Waals surface area contributed by atoms with E-state index in [1.807, 2.05) is 0 Å². The third kappa shape index (κ3) is 1.93. The van der Waals surface area contributed by atoms with Gasteiger partial charge in [0, 0.05) is 5.56 Å². The summed E-state index contributed by atoms with van der Waals surface area (Å²) in [6.07, 6.45) is 2.41. The number of carbonyl (C=O) groups excluding carboxylic acids is 1. The first-order chi connectivity index (χ1) is 7.70. The summed E-state index contributed by atoms with van der Waals surface area (Å²) in [6, 6.07) is 3.96. The minimum atomic E-state index is -0.652. The SMILES string of the molecule is O=Cc1ccc(-c2ncc(F)cn2)cc1F. The number of hydrogen-bond acceptors (Lipinski definition) is 3. The molecule has 0 saturated heterocycles. The molecule has 80 valence electrons. The molecule has 0 atom stereocenters. The molecule has 0 bridgehead atoms. The lowest BCUT2D eigenvalue weighted by atomic mass is 10.1. The molecule has 0 amide bonds. The molecule has 0 spiro atoms. The highest BCUT2D eigenvalue weighted by atomic mass is 19.1. The molecule has 0 aliphatic carbocycles. The van der Waals surface area contributed by atoms with Crippen LogP contribution in [0, 0.1) is 11.6 Å². The fourth-order valence-electron chi connectivity index (χ4n) is 1.22. The van der Waals surface area contributed by atoms with Crippen molar-refractivity contribution in [1.82, 2.24) is 9.97 Å². The van der Waals surface area contributed by atoms with Crippen LogP contribution in [0.3, 0.4) is 0 Å². The highest BCUT2D eigenvalue weighted by Crippen LogP contribution is 2.17. The van der Waals surface area contributed by atoms with Crippen molar-refractivity contribution in [1.29, 1.82) is 0 Å². The topological polar surface area (TPSA) is 42.9 Å². The molecule has 3 nitrogen and oxygen atoms in total. The van der Waals surface area contributed by atoms with Gasteiger partial charge in [0.25, 0.3) is 0 Å². The van der Waals surface area contributed by atoms with Crippen molar-refractivity contribution in [2.75, 3.05) is 0 Å². The largest absolute Gasteiger partial charge is 0.298 e. The van der Waals surface area contributed by atoms with Gasteiger partial charge in [-0.15, -0.1) is 0 Å². The van der Waals surface area contributed by atoms with Crippen molar-refractivity contribution >= 4 is 6.29 Å². The molecule has 1 aromatic carbocycles. The van der Waals surface area contributed by atoms with Crippen LogP contribution in [0.5, 0.6) is 0 Å². The molecule has 1 aromatic heterocycles. The number of nitrogens with zero attached hydrogens (tertiary/aromatic N) is 2. The molecule has 1 heterocycles. The summed E-state index contributed by atoms with van der Waals surface area (Å²) in [7, 11) is 0. The smallest absolute Gasteiger partial charge is 0.159 e. The van der Waals surface area contributed by atoms with Gasteiger partial charge in [0.1, 0.15) is 5.82 Å². The highest BCUT2D eigenvalue weighted by Gasteiger charge is 2.06. The molecule has 0 unspecified atom stereocenters. The average molecular weight is 220 g/mol. The lowest BCUT2D eigenvalue weighted by Gasteiger charge is -2.00. The van der Waals surface area contributed by atoms with Crippen molar-refractivity contribution < 1.29 is 13.6 Å². The van der Waals surface area contributed by atoms with Crippen LogP contribution in [0.1, 0.15) is 10.4 Å². The van der Waals surface area contributed by atoms with Crippen molar-refractivity contribution in [2.45, 2.75) is 0 Å². The van der Waals surface area contributed by atoms with E-state index in [1.54, 1.807) is 0 Å². The molecular formula is C11H6F2N2O. The lowest BCUT2D eigenvalue weighted by Crippen LogP contribution is -1.93. The number of halogens is 2. The Labute approximate surface area is 89.8 Å². The van der Waals surface area contributed by atoms with Gasteiger partial charge in [0.05, 0.1) is 18.0 Å². The van der Waals surface area contributed by atoms with Gasteiger partial charge in [-0.3, -0.25) is 4.79 Å². The normalized spacial score (nSPS) is 10.1. The first-order valence-corrected chi connectivity index (χ1v) is 4.43. The lowest BCUT2D eigenvalue weighted by molar-refractivity contribution is 0.112. The molecule has 0 radical (unpaired) electrons. The van der Waals surface area contributed by atoms with E-state index < -0.39 is 11.6 Å². The van der Waals surface area contributed by atoms with Crippen molar-refractivity contribution in [2.24, 2.45) is 0 Å². The second-order valence-corrected chi connectivity index (χ2v) is 3.08. The number of carbonyl (C=O) groups is 1. The third-order valence-corrected chi connectivity index (χ3v) is 2.01. The summed E-state index contributed by atoms with van der Waals surface area (Å²) >= 11 is 0. The molecule has 5 heteroatoms.